The van der Waals surface area contributed by atoms with Crippen molar-refractivity contribution in [3.8, 4) is 0 Å². The highest BCUT2D eigenvalue weighted by atomic mass is 16.6. The second-order valence-electron chi connectivity index (χ2n) is 13.7. The van der Waals surface area contributed by atoms with Crippen molar-refractivity contribution < 1.29 is 19.4 Å². The van der Waals surface area contributed by atoms with Crippen LogP contribution in [-0.2, 0) is 23.1 Å². The van der Waals surface area contributed by atoms with Crippen molar-refractivity contribution in [3.63, 3.8) is 0 Å². The first-order valence-electron chi connectivity index (χ1n) is 13.8. The van der Waals surface area contributed by atoms with Crippen LogP contribution in [0.2, 0.25) is 0 Å². The van der Waals surface area contributed by atoms with Crippen LogP contribution in [0.4, 0.5) is 4.79 Å². The molecule has 10 nitrogen and oxygen atoms in total. The molecule has 0 spiro atoms. The summed E-state index contributed by atoms with van der Waals surface area (Å²) in [5.41, 5.74) is 1.18. The Bertz CT molecular complexity index is 1410. The van der Waals surface area contributed by atoms with Gasteiger partial charge in [-0.05, 0) is 62.1 Å². The fourth-order valence-electron chi connectivity index (χ4n) is 6.09. The van der Waals surface area contributed by atoms with Gasteiger partial charge < -0.3 is 19.6 Å². The molecule has 2 aromatic rings. The molecule has 3 atom stereocenters. The maximum atomic E-state index is 13.4. The van der Waals surface area contributed by atoms with E-state index in [1.807, 2.05) is 12.1 Å². The summed E-state index contributed by atoms with van der Waals surface area (Å²) >= 11 is 0. The summed E-state index contributed by atoms with van der Waals surface area (Å²) in [7, 11) is 1.76. The average molecular weight is 540 g/mol. The summed E-state index contributed by atoms with van der Waals surface area (Å²) in [5.74, 6) is 0.123. The van der Waals surface area contributed by atoms with Crippen LogP contribution < -0.4 is 5.69 Å². The SMILES string of the molecule is Cn1c(=O)n(CC(C)(C)C)c2ccc(C3=CC4CN(C(=O)C5(O)CCN(C(=O)OC(C)(C)C)C5)CC4C3)nc21. The molecule has 1 aliphatic carbocycles. The molecule has 2 saturated heterocycles. The lowest BCUT2D eigenvalue weighted by Gasteiger charge is -2.29. The Kier molecular flexibility index (Phi) is 6.48. The van der Waals surface area contributed by atoms with E-state index in [0.29, 0.717) is 25.3 Å². The van der Waals surface area contributed by atoms with Gasteiger partial charge in [-0.1, -0.05) is 26.8 Å². The minimum atomic E-state index is -1.58. The summed E-state index contributed by atoms with van der Waals surface area (Å²) in [5, 5.41) is 11.2. The molecule has 0 radical (unpaired) electrons. The fourth-order valence-corrected chi connectivity index (χ4v) is 6.09. The second-order valence-corrected chi connectivity index (χ2v) is 13.7. The summed E-state index contributed by atoms with van der Waals surface area (Å²) in [4.78, 5) is 46.7. The number of hydrogen-bond acceptors (Lipinski definition) is 6. The smallest absolute Gasteiger partial charge is 0.410 e. The zero-order chi connectivity index (χ0) is 28.5. The lowest BCUT2D eigenvalue weighted by atomic mass is 9.97. The summed E-state index contributed by atoms with van der Waals surface area (Å²) < 4.78 is 8.83. The summed E-state index contributed by atoms with van der Waals surface area (Å²) in [6.45, 7) is 13.6. The Morgan fingerprint density at radius 3 is 2.49 bits per heavy atom. The Hall–Kier alpha value is -3.14. The highest BCUT2D eigenvalue weighted by Crippen LogP contribution is 2.42. The van der Waals surface area contributed by atoms with Crippen LogP contribution in [0.15, 0.2) is 23.0 Å². The highest BCUT2D eigenvalue weighted by molar-refractivity contribution is 5.87. The fraction of sp³-hybridized carbons (Fsp3) is 0.655. The first-order chi connectivity index (χ1) is 18.0. The number of imidazole rings is 1. The van der Waals surface area contributed by atoms with E-state index >= 15 is 0 Å². The second kappa shape index (κ2) is 9.21. The normalized spacial score (nSPS) is 25.4. The topological polar surface area (TPSA) is 110 Å². The number of allylic oxidation sites excluding steroid dienone is 1. The molecule has 2 amide bonds. The molecule has 4 heterocycles. The number of likely N-dealkylation sites (tertiary alicyclic amines) is 2. The van der Waals surface area contributed by atoms with Crippen LogP contribution in [0.5, 0.6) is 0 Å². The predicted octanol–water partition coefficient (Wildman–Crippen LogP) is 3.01. The zero-order valence-electron chi connectivity index (χ0n) is 24.2. The third kappa shape index (κ3) is 5.23. The number of aryl methyl sites for hydroxylation is 1. The van der Waals surface area contributed by atoms with Crippen molar-refractivity contribution in [1.29, 1.82) is 0 Å². The van der Waals surface area contributed by atoms with E-state index in [0.717, 1.165) is 23.2 Å². The van der Waals surface area contributed by atoms with Crippen molar-refractivity contribution in [2.24, 2.45) is 24.3 Å². The third-order valence-corrected chi connectivity index (χ3v) is 7.92. The number of pyridine rings is 1. The number of hydrogen-bond donors (Lipinski definition) is 1. The maximum Gasteiger partial charge on any atom is 0.410 e. The van der Waals surface area contributed by atoms with Gasteiger partial charge in [0.25, 0.3) is 5.91 Å². The van der Waals surface area contributed by atoms with Gasteiger partial charge in [0.1, 0.15) is 5.60 Å². The molecular weight excluding hydrogens is 498 g/mol. The Morgan fingerprint density at radius 1 is 1.13 bits per heavy atom. The molecule has 0 saturated carbocycles. The van der Waals surface area contributed by atoms with Gasteiger partial charge in [-0.2, -0.15) is 0 Å². The quantitative estimate of drug-likeness (QED) is 0.642. The van der Waals surface area contributed by atoms with Crippen LogP contribution >= 0.6 is 0 Å². The van der Waals surface area contributed by atoms with Crippen molar-refractivity contribution in [2.45, 2.75) is 72.1 Å². The molecule has 3 aliphatic rings. The van der Waals surface area contributed by atoms with Crippen molar-refractivity contribution >= 4 is 28.7 Å². The molecule has 212 valence electrons. The summed E-state index contributed by atoms with van der Waals surface area (Å²) in [6, 6.07) is 3.98. The van der Waals surface area contributed by atoms with Crippen LogP contribution in [0.1, 0.15) is 60.1 Å². The molecule has 10 heteroatoms. The number of rotatable bonds is 3. The largest absolute Gasteiger partial charge is 0.444 e. The van der Waals surface area contributed by atoms with Gasteiger partial charge in [0, 0.05) is 39.6 Å². The number of aromatic nitrogens is 3. The number of β-amino-alcohol motifs (C(OH)–C–C–N with tert-alkyl or cyclic N) is 1. The molecule has 3 unspecified atom stereocenters. The van der Waals surface area contributed by atoms with Gasteiger partial charge in [-0.3, -0.25) is 13.9 Å². The van der Waals surface area contributed by atoms with Gasteiger partial charge in [0.2, 0.25) is 0 Å². The molecule has 2 aromatic heterocycles. The molecule has 2 fully saturated rings. The number of fused-ring (bicyclic) bond motifs is 2. The predicted molar refractivity (Wildman–Crippen MR) is 148 cm³/mol. The first kappa shape index (κ1) is 27.4. The van der Waals surface area contributed by atoms with Crippen LogP contribution in [0, 0.1) is 17.3 Å². The molecular formula is C29H41N5O5. The van der Waals surface area contributed by atoms with E-state index < -0.39 is 17.3 Å². The number of ether oxygens (including phenoxy) is 1. The monoisotopic (exact) mass is 539 g/mol. The van der Waals surface area contributed by atoms with Gasteiger partial charge in [-0.25, -0.2) is 14.6 Å². The molecule has 2 aliphatic heterocycles. The molecule has 5 rings (SSSR count). The lowest BCUT2D eigenvalue weighted by Crippen LogP contribution is -2.51. The van der Waals surface area contributed by atoms with Crippen molar-refractivity contribution in [2.75, 3.05) is 26.2 Å². The molecule has 39 heavy (non-hydrogen) atoms. The molecule has 1 N–H and O–H groups in total. The lowest BCUT2D eigenvalue weighted by molar-refractivity contribution is -0.149. The number of carbonyl (C=O) groups is 2. The third-order valence-electron chi connectivity index (χ3n) is 7.92. The van der Waals surface area contributed by atoms with E-state index in [9.17, 15) is 19.5 Å². The zero-order valence-corrected chi connectivity index (χ0v) is 24.2. The molecule has 0 bridgehead atoms. The standard InChI is InChI=1S/C29H41N5O5/c1-27(2,3)16-34-22-9-8-21(30-23(22)31(7)25(34)36)18-12-19-14-33(15-20(19)13-18)24(35)29(38)10-11-32(17-29)26(37)39-28(4,5)6/h8-9,12,19-20,38H,10-11,13-17H2,1-7H3. The van der Waals surface area contributed by atoms with E-state index in [-0.39, 0.29) is 48.4 Å². The van der Waals surface area contributed by atoms with Gasteiger partial charge in [0.05, 0.1) is 17.8 Å². The number of aliphatic hydroxyl groups is 1. The van der Waals surface area contributed by atoms with Crippen LogP contribution in [0.3, 0.4) is 0 Å². The molecule has 0 aromatic carbocycles. The van der Waals surface area contributed by atoms with Gasteiger partial charge >= 0.3 is 11.8 Å². The van der Waals surface area contributed by atoms with Crippen molar-refractivity contribution in [3.05, 3.63) is 34.4 Å². The minimum absolute atomic E-state index is 0.0365. The number of nitrogens with zero attached hydrogens (tertiary/aromatic N) is 5. The van der Waals surface area contributed by atoms with E-state index in [4.69, 9.17) is 9.72 Å². The number of amides is 2. The van der Waals surface area contributed by atoms with E-state index in [2.05, 4.69) is 26.8 Å². The average Bonchev–Trinajstić information content (AvgIpc) is 3.56. The van der Waals surface area contributed by atoms with E-state index in [1.54, 1.807) is 41.9 Å². The highest BCUT2D eigenvalue weighted by Gasteiger charge is 2.50. The van der Waals surface area contributed by atoms with Gasteiger partial charge in [0.15, 0.2) is 11.2 Å². The van der Waals surface area contributed by atoms with Gasteiger partial charge in [-0.15, -0.1) is 0 Å². The Morgan fingerprint density at radius 2 is 1.85 bits per heavy atom. The Balaban J connectivity index is 1.28. The van der Waals surface area contributed by atoms with Crippen LogP contribution in [0.25, 0.3) is 16.7 Å². The summed E-state index contributed by atoms with van der Waals surface area (Å²) in [6.07, 6.45) is 2.68. The maximum absolute atomic E-state index is 13.4. The Labute approximate surface area is 229 Å². The first-order valence-corrected chi connectivity index (χ1v) is 13.8. The number of carbonyl (C=O) groups excluding carboxylic acids is 2. The minimum Gasteiger partial charge on any atom is -0.444 e. The van der Waals surface area contributed by atoms with Crippen molar-refractivity contribution in [1.82, 2.24) is 23.9 Å². The van der Waals surface area contributed by atoms with E-state index in [1.165, 1.54) is 4.90 Å². The van der Waals surface area contributed by atoms with Crippen LogP contribution in [-0.4, -0.2) is 78.4 Å².